The summed E-state index contributed by atoms with van der Waals surface area (Å²) in [5, 5.41) is 9.59. The maximum atomic E-state index is 12.5. The van der Waals surface area contributed by atoms with E-state index in [9.17, 15) is 18.3 Å². The summed E-state index contributed by atoms with van der Waals surface area (Å²) in [4.78, 5) is 6.16. The molecule has 1 aromatic heterocycles. The van der Waals surface area contributed by atoms with Gasteiger partial charge in [0.2, 0.25) is 0 Å². The van der Waals surface area contributed by atoms with Crippen molar-refractivity contribution in [1.29, 1.82) is 0 Å². The van der Waals surface area contributed by atoms with Gasteiger partial charge in [-0.2, -0.15) is 13.2 Å². The number of alkyl halides is 3. The average Bonchev–Trinajstić information content (AvgIpc) is 2.70. The number of anilines is 1. The molecule has 1 N–H and O–H groups in total. The van der Waals surface area contributed by atoms with E-state index >= 15 is 0 Å². The van der Waals surface area contributed by atoms with Crippen molar-refractivity contribution in [1.82, 2.24) is 4.98 Å². The molecule has 0 fully saturated rings. The lowest BCUT2D eigenvalue weighted by molar-refractivity contribution is -0.119. The standard InChI is InChI=1S/C12H19F3N2OS/c1-3-5-9-10(7-18)19-11(16-9)17(6-4-2)8-12(13,14)15/h18H,3-8H2,1-2H3. The van der Waals surface area contributed by atoms with E-state index in [1.807, 2.05) is 13.8 Å². The van der Waals surface area contributed by atoms with E-state index in [0.29, 0.717) is 35.1 Å². The third-order valence-corrected chi connectivity index (χ3v) is 3.67. The first-order valence-electron chi connectivity index (χ1n) is 6.32. The zero-order valence-electron chi connectivity index (χ0n) is 11.1. The topological polar surface area (TPSA) is 36.4 Å². The highest BCUT2D eigenvalue weighted by Crippen LogP contribution is 2.30. The van der Waals surface area contributed by atoms with Crippen LogP contribution in [0.25, 0.3) is 0 Å². The molecule has 1 heterocycles. The predicted molar refractivity (Wildman–Crippen MR) is 70.6 cm³/mol. The van der Waals surface area contributed by atoms with E-state index < -0.39 is 12.7 Å². The Labute approximate surface area is 115 Å². The van der Waals surface area contributed by atoms with Gasteiger partial charge in [-0.05, 0) is 12.8 Å². The lowest BCUT2D eigenvalue weighted by atomic mass is 10.2. The van der Waals surface area contributed by atoms with Crippen molar-refractivity contribution in [2.45, 2.75) is 45.9 Å². The summed E-state index contributed by atoms with van der Waals surface area (Å²) in [6.07, 6.45) is -2.10. The third kappa shape index (κ3) is 4.99. The Bertz CT molecular complexity index is 393. The lowest BCUT2D eigenvalue weighted by Crippen LogP contribution is -2.34. The SMILES string of the molecule is CCCc1nc(N(CCC)CC(F)(F)F)sc1CO. The molecule has 19 heavy (non-hydrogen) atoms. The van der Waals surface area contributed by atoms with Crippen molar-refractivity contribution in [3.63, 3.8) is 0 Å². The highest BCUT2D eigenvalue weighted by molar-refractivity contribution is 7.15. The predicted octanol–water partition coefficient (Wildman–Crippen LogP) is 3.37. The Morgan fingerprint density at radius 2 is 1.95 bits per heavy atom. The molecule has 1 aromatic rings. The van der Waals surface area contributed by atoms with Gasteiger partial charge in [0, 0.05) is 6.54 Å². The van der Waals surface area contributed by atoms with Crippen molar-refractivity contribution in [3.05, 3.63) is 10.6 Å². The third-order valence-electron chi connectivity index (χ3n) is 2.53. The molecule has 0 aliphatic rings. The van der Waals surface area contributed by atoms with Gasteiger partial charge in [-0.3, -0.25) is 0 Å². The maximum absolute atomic E-state index is 12.5. The van der Waals surface area contributed by atoms with E-state index in [4.69, 9.17) is 0 Å². The van der Waals surface area contributed by atoms with Gasteiger partial charge in [0.05, 0.1) is 17.2 Å². The number of aryl methyl sites for hydroxylation is 1. The molecule has 3 nitrogen and oxygen atoms in total. The van der Waals surface area contributed by atoms with Crippen LogP contribution in [0.4, 0.5) is 18.3 Å². The fourth-order valence-electron chi connectivity index (χ4n) is 1.79. The summed E-state index contributed by atoms with van der Waals surface area (Å²) in [5.74, 6) is 0. The molecular formula is C12H19F3N2OS. The average molecular weight is 296 g/mol. The summed E-state index contributed by atoms with van der Waals surface area (Å²) >= 11 is 1.15. The van der Waals surface area contributed by atoms with Crippen molar-refractivity contribution >= 4 is 16.5 Å². The molecule has 0 radical (unpaired) electrons. The number of hydrogen-bond donors (Lipinski definition) is 1. The summed E-state index contributed by atoms with van der Waals surface area (Å²) in [6.45, 7) is 2.95. The Morgan fingerprint density at radius 3 is 2.42 bits per heavy atom. The first kappa shape index (κ1) is 16.2. The van der Waals surface area contributed by atoms with E-state index in [1.54, 1.807) is 0 Å². The fourth-order valence-corrected chi connectivity index (χ4v) is 2.78. The van der Waals surface area contributed by atoms with Gasteiger partial charge in [-0.1, -0.05) is 31.6 Å². The molecule has 0 amide bonds. The normalized spacial score (nSPS) is 11.9. The van der Waals surface area contributed by atoms with E-state index in [2.05, 4.69) is 4.98 Å². The first-order chi connectivity index (χ1) is 8.91. The van der Waals surface area contributed by atoms with E-state index in [-0.39, 0.29) is 6.61 Å². The van der Waals surface area contributed by atoms with Crippen LogP contribution in [-0.4, -0.2) is 29.4 Å². The largest absolute Gasteiger partial charge is 0.406 e. The Hall–Kier alpha value is -0.820. The minimum absolute atomic E-state index is 0.168. The molecule has 110 valence electrons. The molecule has 0 aromatic carbocycles. The molecule has 0 unspecified atom stereocenters. The first-order valence-corrected chi connectivity index (χ1v) is 7.14. The van der Waals surface area contributed by atoms with E-state index in [1.165, 1.54) is 4.90 Å². The van der Waals surface area contributed by atoms with Gasteiger partial charge in [0.1, 0.15) is 6.54 Å². The monoisotopic (exact) mass is 296 g/mol. The lowest BCUT2D eigenvalue weighted by Gasteiger charge is -2.22. The van der Waals surface area contributed by atoms with Crippen LogP contribution in [0, 0.1) is 0 Å². The van der Waals surface area contributed by atoms with Crippen LogP contribution in [-0.2, 0) is 13.0 Å². The van der Waals surface area contributed by atoms with Gasteiger partial charge >= 0.3 is 6.18 Å². The van der Waals surface area contributed by atoms with Crippen LogP contribution in [0.2, 0.25) is 0 Å². The quantitative estimate of drug-likeness (QED) is 0.838. The Morgan fingerprint density at radius 1 is 1.26 bits per heavy atom. The number of nitrogens with zero attached hydrogens (tertiary/aromatic N) is 2. The van der Waals surface area contributed by atoms with Crippen molar-refractivity contribution in [2.24, 2.45) is 0 Å². The van der Waals surface area contributed by atoms with Crippen LogP contribution in [0.1, 0.15) is 37.3 Å². The van der Waals surface area contributed by atoms with Crippen molar-refractivity contribution in [3.8, 4) is 0 Å². The second-order valence-electron chi connectivity index (χ2n) is 4.31. The number of halogens is 3. The molecular weight excluding hydrogens is 277 g/mol. The molecule has 7 heteroatoms. The van der Waals surface area contributed by atoms with Gasteiger partial charge in [-0.25, -0.2) is 4.98 Å². The molecule has 0 bridgehead atoms. The number of rotatable bonds is 7. The molecule has 0 aliphatic carbocycles. The molecule has 0 aliphatic heterocycles. The van der Waals surface area contributed by atoms with E-state index in [0.717, 1.165) is 17.8 Å². The maximum Gasteiger partial charge on any atom is 0.406 e. The Kier molecular flexibility index (Phi) is 6.06. The molecule has 1 rings (SSSR count). The van der Waals surface area contributed by atoms with Gasteiger partial charge < -0.3 is 10.0 Å². The Balaban J connectivity index is 2.95. The van der Waals surface area contributed by atoms with Gasteiger partial charge in [-0.15, -0.1) is 0 Å². The minimum Gasteiger partial charge on any atom is -0.391 e. The fraction of sp³-hybridized carbons (Fsp3) is 0.750. The van der Waals surface area contributed by atoms with Gasteiger partial charge in [0.25, 0.3) is 0 Å². The number of aliphatic hydroxyl groups excluding tert-OH is 1. The summed E-state index contributed by atoms with van der Waals surface area (Å²) in [7, 11) is 0. The highest BCUT2D eigenvalue weighted by atomic mass is 32.1. The summed E-state index contributed by atoms with van der Waals surface area (Å²) in [5.41, 5.74) is 0.716. The number of aliphatic hydroxyl groups is 1. The number of aromatic nitrogens is 1. The van der Waals surface area contributed by atoms with Crippen LogP contribution < -0.4 is 4.90 Å². The smallest absolute Gasteiger partial charge is 0.391 e. The zero-order valence-corrected chi connectivity index (χ0v) is 11.9. The second-order valence-corrected chi connectivity index (χ2v) is 5.37. The highest BCUT2D eigenvalue weighted by Gasteiger charge is 2.32. The summed E-state index contributed by atoms with van der Waals surface area (Å²) < 4.78 is 37.6. The molecule has 0 atom stereocenters. The number of hydrogen-bond acceptors (Lipinski definition) is 4. The molecule has 0 saturated heterocycles. The van der Waals surface area contributed by atoms with Crippen molar-refractivity contribution in [2.75, 3.05) is 18.0 Å². The second kappa shape index (κ2) is 7.09. The van der Waals surface area contributed by atoms with Crippen LogP contribution in [0.5, 0.6) is 0 Å². The van der Waals surface area contributed by atoms with Crippen LogP contribution >= 0.6 is 11.3 Å². The minimum atomic E-state index is -4.24. The zero-order chi connectivity index (χ0) is 14.5. The van der Waals surface area contributed by atoms with Crippen molar-refractivity contribution < 1.29 is 18.3 Å². The van der Waals surface area contributed by atoms with Crippen LogP contribution in [0.3, 0.4) is 0 Å². The molecule has 0 saturated carbocycles. The van der Waals surface area contributed by atoms with Crippen LogP contribution in [0.15, 0.2) is 0 Å². The molecule has 0 spiro atoms. The summed E-state index contributed by atoms with van der Waals surface area (Å²) in [6, 6.07) is 0. The van der Waals surface area contributed by atoms with Gasteiger partial charge in [0.15, 0.2) is 5.13 Å². The number of thiazole rings is 1.